The predicted octanol–water partition coefficient (Wildman–Crippen LogP) is 2.18. The number of likely N-dealkylation sites (N-methyl/N-ethyl adjacent to an activating group) is 1. The molecule has 20 heavy (non-hydrogen) atoms. The summed E-state index contributed by atoms with van der Waals surface area (Å²) in [5.41, 5.74) is 0.951. The lowest BCUT2D eigenvalue weighted by molar-refractivity contribution is 0.0354. The number of nitrogens with one attached hydrogen (secondary N) is 1. The molecular formula is C15H27N3O2. The molecule has 5 nitrogen and oxygen atoms in total. The normalized spacial score (nSPS) is 20.4. The summed E-state index contributed by atoms with van der Waals surface area (Å²) < 4.78 is 11.1. The van der Waals surface area contributed by atoms with Gasteiger partial charge in [0.05, 0.1) is 12.3 Å². The Hall–Kier alpha value is -0.910. The van der Waals surface area contributed by atoms with Crippen LogP contribution in [0.5, 0.6) is 0 Å². The Morgan fingerprint density at radius 1 is 1.50 bits per heavy atom. The number of rotatable bonds is 8. The lowest BCUT2D eigenvalue weighted by Crippen LogP contribution is -2.39. The van der Waals surface area contributed by atoms with Gasteiger partial charge in [0.1, 0.15) is 6.61 Å². The van der Waals surface area contributed by atoms with Gasteiger partial charge >= 0.3 is 0 Å². The van der Waals surface area contributed by atoms with Crippen molar-refractivity contribution in [3.05, 3.63) is 17.5 Å². The van der Waals surface area contributed by atoms with Crippen LogP contribution in [0, 0.1) is 0 Å². The standard InChI is InChI=1S/C15H27N3O2/c1-3-7-16-10-13-9-15(20-17-13)12-19-11-14-6-4-5-8-18(14)2/h9,14,16H,3-8,10-12H2,1-2H3. The van der Waals surface area contributed by atoms with Crippen LogP contribution in [0.1, 0.15) is 44.1 Å². The van der Waals surface area contributed by atoms with E-state index in [1.807, 2.05) is 6.07 Å². The van der Waals surface area contributed by atoms with Gasteiger partial charge in [-0.3, -0.25) is 0 Å². The van der Waals surface area contributed by atoms with E-state index in [1.54, 1.807) is 0 Å². The molecule has 0 aliphatic carbocycles. The maximum Gasteiger partial charge on any atom is 0.162 e. The predicted molar refractivity (Wildman–Crippen MR) is 78.4 cm³/mol. The number of likely N-dealkylation sites (tertiary alicyclic amines) is 1. The molecule has 0 amide bonds. The highest BCUT2D eigenvalue weighted by Gasteiger charge is 2.18. The average molecular weight is 281 g/mol. The first kappa shape index (κ1) is 15.5. The third-order valence-electron chi connectivity index (χ3n) is 3.82. The van der Waals surface area contributed by atoms with Crippen LogP contribution in [-0.4, -0.2) is 42.8 Å². The summed E-state index contributed by atoms with van der Waals surface area (Å²) in [4.78, 5) is 2.39. The number of hydrogen-bond acceptors (Lipinski definition) is 5. The van der Waals surface area contributed by atoms with E-state index in [9.17, 15) is 0 Å². The van der Waals surface area contributed by atoms with Crippen LogP contribution in [0.25, 0.3) is 0 Å². The van der Waals surface area contributed by atoms with Crippen LogP contribution in [0.15, 0.2) is 10.6 Å². The molecule has 1 N–H and O–H groups in total. The zero-order chi connectivity index (χ0) is 14.2. The van der Waals surface area contributed by atoms with Crippen LogP contribution < -0.4 is 5.32 Å². The first-order valence-electron chi connectivity index (χ1n) is 7.72. The largest absolute Gasteiger partial charge is 0.372 e. The van der Waals surface area contributed by atoms with E-state index in [-0.39, 0.29) is 0 Å². The fraction of sp³-hybridized carbons (Fsp3) is 0.800. The summed E-state index contributed by atoms with van der Waals surface area (Å²) in [6, 6.07) is 2.53. The van der Waals surface area contributed by atoms with Gasteiger partial charge in [-0.1, -0.05) is 18.5 Å². The van der Waals surface area contributed by atoms with Crippen molar-refractivity contribution in [1.82, 2.24) is 15.4 Å². The molecule has 114 valence electrons. The maximum absolute atomic E-state index is 5.77. The van der Waals surface area contributed by atoms with Crippen LogP contribution in [0.4, 0.5) is 0 Å². The Morgan fingerprint density at radius 3 is 3.20 bits per heavy atom. The molecule has 0 saturated carbocycles. The number of ether oxygens (including phenoxy) is 1. The topological polar surface area (TPSA) is 50.5 Å². The van der Waals surface area contributed by atoms with Gasteiger partial charge in [0.15, 0.2) is 5.76 Å². The molecule has 5 heteroatoms. The van der Waals surface area contributed by atoms with Gasteiger partial charge in [0.2, 0.25) is 0 Å². The molecule has 0 spiro atoms. The molecule has 0 bridgehead atoms. The molecule has 1 atom stereocenters. The van der Waals surface area contributed by atoms with Crippen molar-refractivity contribution in [2.24, 2.45) is 0 Å². The minimum absolute atomic E-state index is 0.519. The van der Waals surface area contributed by atoms with Crippen LogP contribution in [0.3, 0.4) is 0 Å². The average Bonchev–Trinajstić information content (AvgIpc) is 2.89. The monoisotopic (exact) mass is 281 g/mol. The zero-order valence-electron chi connectivity index (χ0n) is 12.7. The van der Waals surface area contributed by atoms with Gasteiger partial charge in [-0.15, -0.1) is 0 Å². The zero-order valence-corrected chi connectivity index (χ0v) is 12.7. The van der Waals surface area contributed by atoms with Gasteiger partial charge in [0.25, 0.3) is 0 Å². The Labute approximate surface area is 121 Å². The minimum atomic E-state index is 0.519. The highest BCUT2D eigenvalue weighted by molar-refractivity contribution is 5.04. The van der Waals surface area contributed by atoms with Crippen molar-refractivity contribution in [2.75, 3.05) is 26.7 Å². The quantitative estimate of drug-likeness (QED) is 0.740. The maximum atomic E-state index is 5.77. The number of hydrogen-bond donors (Lipinski definition) is 1. The van der Waals surface area contributed by atoms with Crippen molar-refractivity contribution in [2.45, 2.75) is 51.8 Å². The molecule has 0 radical (unpaired) electrons. The molecule has 2 rings (SSSR count). The molecule has 1 aliphatic rings. The smallest absolute Gasteiger partial charge is 0.162 e. The summed E-state index contributed by atoms with van der Waals surface area (Å²) in [6.45, 7) is 6.40. The molecular weight excluding hydrogens is 254 g/mol. The van der Waals surface area contributed by atoms with Crippen LogP contribution >= 0.6 is 0 Å². The lowest BCUT2D eigenvalue weighted by Gasteiger charge is -2.31. The number of aromatic nitrogens is 1. The second-order valence-electron chi connectivity index (χ2n) is 5.61. The third-order valence-corrected chi connectivity index (χ3v) is 3.82. The van der Waals surface area contributed by atoms with Crippen molar-refractivity contribution in [3.63, 3.8) is 0 Å². The van der Waals surface area contributed by atoms with Crippen molar-refractivity contribution in [3.8, 4) is 0 Å². The Morgan fingerprint density at radius 2 is 2.40 bits per heavy atom. The first-order chi connectivity index (χ1) is 9.79. The van der Waals surface area contributed by atoms with E-state index in [0.717, 1.165) is 37.6 Å². The highest BCUT2D eigenvalue weighted by atomic mass is 16.5. The highest BCUT2D eigenvalue weighted by Crippen LogP contribution is 2.15. The summed E-state index contributed by atoms with van der Waals surface area (Å²) >= 11 is 0. The van der Waals surface area contributed by atoms with Crippen LogP contribution in [-0.2, 0) is 17.9 Å². The van der Waals surface area contributed by atoms with Gasteiger partial charge in [-0.2, -0.15) is 0 Å². The Bertz CT molecular complexity index is 381. The first-order valence-corrected chi connectivity index (χ1v) is 7.72. The van der Waals surface area contributed by atoms with Crippen molar-refractivity contribution < 1.29 is 9.26 Å². The van der Waals surface area contributed by atoms with Gasteiger partial charge in [-0.05, 0) is 39.4 Å². The van der Waals surface area contributed by atoms with E-state index in [1.165, 1.54) is 25.8 Å². The molecule has 1 fully saturated rings. The van der Waals surface area contributed by atoms with Gasteiger partial charge in [-0.25, -0.2) is 0 Å². The molecule has 1 aliphatic heterocycles. The van der Waals surface area contributed by atoms with E-state index >= 15 is 0 Å². The molecule has 1 saturated heterocycles. The summed E-state index contributed by atoms with van der Waals surface area (Å²) in [7, 11) is 2.18. The van der Waals surface area contributed by atoms with E-state index in [2.05, 4.69) is 29.3 Å². The fourth-order valence-corrected chi connectivity index (χ4v) is 2.55. The Kier molecular flexibility index (Phi) is 6.50. The number of nitrogens with zero attached hydrogens (tertiary/aromatic N) is 2. The molecule has 1 unspecified atom stereocenters. The second-order valence-corrected chi connectivity index (χ2v) is 5.61. The van der Waals surface area contributed by atoms with Crippen molar-refractivity contribution >= 4 is 0 Å². The Balaban J connectivity index is 1.66. The van der Waals surface area contributed by atoms with E-state index in [4.69, 9.17) is 9.26 Å². The van der Waals surface area contributed by atoms with E-state index in [0.29, 0.717) is 12.6 Å². The SMILES string of the molecule is CCCNCc1cc(COCC2CCCCN2C)on1. The molecule has 0 aromatic carbocycles. The molecule has 2 heterocycles. The van der Waals surface area contributed by atoms with E-state index < -0.39 is 0 Å². The van der Waals surface area contributed by atoms with Crippen molar-refractivity contribution in [1.29, 1.82) is 0 Å². The third kappa shape index (κ3) is 4.89. The van der Waals surface area contributed by atoms with Gasteiger partial charge in [0, 0.05) is 18.7 Å². The minimum Gasteiger partial charge on any atom is -0.372 e. The van der Waals surface area contributed by atoms with Gasteiger partial charge < -0.3 is 19.5 Å². The summed E-state index contributed by atoms with van der Waals surface area (Å²) in [5.74, 6) is 0.816. The van der Waals surface area contributed by atoms with Crippen LogP contribution in [0.2, 0.25) is 0 Å². The summed E-state index contributed by atoms with van der Waals surface area (Å²) in [6.07, 6.45) is 4.99. The summed E-state index contributed by atoms with van der Waals surface area (Å²) in [5, 5.41) is 7.35. The lowest BCUT2D eigenvalue weighted by atomic mass is 10.0. The molecule has 1 aromatic rings. The number of piperidine rings is 1. The fourth-order valence-electron chi connectivity index (χ4n) is 2.55. The second kappa shape index (κ2) is 8.39. The molecule has 1 aromatic heterocycles.